The van der Waals surface area contributed by atoms with Crippen molar-refractivity contribution in [2.45, 2.75) is 11.3 Å². The fourth-order valence-electron chi connectivity index (χ4n) is 1.92. The number of fused-ring (bicyclic) bond motifs is 1. The molecule has 0 fully saturated rings. The van der Waals surface area contributed by atoms with Crippen molar-refractivity contribution in [3.63, 3.8) is 0 Å². The monoisotopic (exact) mass is 345 g/mol. The molecular weight excluding hydrogens is 330 g/mol. The van der Waals surface area contributed by atoms with E-state index in [9.17, 15) is 18.3 Å². The second-order valence-electron chi connectivity index (χ2n) is 4.31. The molecule has 0 unspecified atom stereocenters. The highest BCUT2D eigenvalue weighted by molar-refractivity contribution is 7.98. The van der Waals surface area contributed by atoms with Gasteiger partial charge in [-0.05, 0) is 24.5 Å². The van der Waals surface area contributed by atoms with Gasteiger partial charge in [-0.2, -0.15) is 11.8 Å². The molecule has 8 heteroatoms. The van der Waals surface area contributed by atoms with Gasteiger partial charge < -0.3 is 5.11 Å². The van der Waals surface area contributed by atoms with E-state index in [0.29, 0.717) is 23.1 Å². The van der Waals surface area contributed by atoms with Gasteiger partial charge in [0.25, 0.3) is 0 Å². The summed E-state index contributed by atoms with van der Waals surface area (Å²) >= 11 is 2.61. The molecule has 0 aliphatic carbocycles. The van der Waals surface area contributed by atoms with E-state index in [2.05, 4.69) is 4.72 Å². The summed E-state index contributed by atoms with van der Waals surface area (Å²) < 4.78 is 28.0. The summed E-state index contributed by atoms with van der Waals surface area (Å²) in [5, 5.41) is 9.71. The van der Waals surface area contributed by atoms with Gasteiger partial charge >= 0.3 is 5.97 Å². The Bertz CT molecular complexity index is 752. The summed E-state index contributed by atoms with van der Waals surface area (Å²) in [4.78, 5) is 11.1. The molecule has 0 atom stereocenters. The highest BCUT2D eigenvalue weighted by atomic mass is 32.2. The average Bonchev–Trinajstić information content (AvgIpc) is 2.84. The number of carboxylic acid groups (broad SMARTS) is 1. The summed E-state index contributed by atoms with van der Waals surface area (Å²) in [6, 6.07) is 6.81. The van der Waals surface area contributed by atoms with Crippen molar-refractivity contribution in [2.24, 2.45) is 0 Å². The molecule has 114 valence electrons. The summed E-state index contributed by atoms with van der Waals surface area (Å²) in [6.07, 6.45) is 2.65. The lowest BCUT2D eigenvalue weighted by Gasteiger charge is -2.06. The molecule has 0 saturated heterocycles. The number of hydrogen-bond acceptors (Lipinski definition) is 5. The second kappa shape index (κ2) is 6.78. The minimum Gasteiger partial charge on any atom is -0.477 e. The van der Waals surface area contributed by atoms with E-state index < -0.39 is 16.0 Å². The van der Waals surface area contributed by atoms with Crippen LogP contribution in [0.1, 0.15) is 16.1 Å². The molecule has 1 aromatic heterocycles. The Labute approximate surface area is 131 Å². The maximum atomic E-state index is 12.4. The van der Waals surface area contributed by atoms with Crippen molar-refractivity contribution in [3.8, 4) is 0 Å². The number of sulfonamides is 1. The highest BCUT2D eigenvalue weighted by Crippen LogP contribution is 2.34. The number of carbonyl (C=O) groups is 1. The maximum absolute atomic E-state index is 12.4. The lowest BCUT2D eigenvalue weighted by Crippen LogP contribution is -2.26. The third kappa shape index (κ3) is 3.57. The average molecular weight is 345 g/mol. The quantitative estimate of drug-likeness (QED) is 0.754. The van der Waals surface area contributed by atoms with E-state index >= 15 is 0 Å². The van der Waals surface area contributed by atoms with Gasteiger partial charge in [-0.3, -0.25) is 0 Å². The molecule has 1 aromatic carbocycles. The van der Waals surface area contributed by atoms with Gasteiger partial charge in [-0.15, -0.1) is 11.3 Å². The molecule has 0 saturated carbocycles. The third-order valence-corrected chi connectivity index (χ3v) is 6.36. The molecule has 0 spiro atoms. The van der Waals surface area contributed by atoms with Crippen LogP contribution in [0.4, 0.5) is 0 Å². The van der Waals surface area contributed by atoms with Crippen LogP contribution in [0, 0.1) is 0 Å². The molecule has 0 amide bonds. The smallest absolute Gasteiger partial charge is 0.347 e. The fourth-order valence-corrected chi connectivity index (χ4v) is 5.17. The van der Waals surface area contributed by atoms with Crippen LogP contribution in [-0.2, 0) is 10.0 Å². The molecule has 5 nitrogen and oxygen atoms in total. The summed E-state index contributed by atoms with van der Waals surface area (Å²) in [5.74, 6) is -0.376. The van der Waals surface area contributed by atoms with Crippen LogP contribution in [-0.4, -0.2) is 38.0 Å². The molecule has 2 rings (SSSR count). The molecule has 0 bridgehead atoms. The van der Waals surface area contributed by atoms with Crippen molar-refractivity contribution >= 4 is 49.2 Å². The summed E-state index contributed by atoms with van der Waals surface area (Å²) in [5.41, 5.74) is 0. The van der Waals surface area contributed by atoms with E-state index in [-0.39, 0.29) is 9.77 Å². The van der Waals surface area contributed by atoms with E-state index in [1.165, 1.54) is 0 Å². The molecular formula is C13H15NO4S3. The number of benzene rings is 1. The van der Waals surface area contributed by atoms with Crippen molar-refractivity contribution in [1.82, 2.24) is 4.72 Å². The minimum absolute atomic E-state index is 0.125. The first kappa shape index (κ1) is 16.3. The van der Waals surface area contributed by atoms with E-state index in [1.54, 1.807) is 36.0 Å². The van der Waals surface area contributed by atoms with Crippen molar-refractivity contribution in [2.75, 3.05) is 18.6 Å². The Balaban J connectivity index is 2.43. The van der Waals surface area contributed by atoms with Crippen molar-refractivity contribution in [3.05, 3.63) is 29.1 Å². The number of thioether (sulfide) groups is 1. The molecule has 2 aromatic rings. The SMILES string of the molecule is CSCCCNS(=O)(=O)c1c(C(=O)O)sc2ccccc12. The standard InChI is InChI=1S/C13H15NO4S3/c1-19-8-4-7-14-21(17,18)12-9-5-2-3-6-10(9)20-11(12)13(15)16/h2-3,5-6,14H,4,7-8H2,1H3,(H,15,16). The van der Waals surface area contributed by atoms with Gasteiger partial charge in [0, 0.05) is 16.6 Å². The van der Waals surface area contributed by atoms with Crippen LogP contribution in [0.15, 0.2) is 29.2 Å². The maximum Gasteiger partial charge on any atom is 0.347 e. The summed E-state index contributed by atoms with van der Waals surface area (Å²) in [6.45, 7) is 0.298. The molecule has 21 heavy (non-hydrogen) atoms. The Morgan fingerprint density at radius 3 is 2.76 bits per heavy atom. The first-order chi connectivity index (χ1) is 9.97. The van der Waals surface area contributed by atoms with Gasteiger partial charge in [-0.1, -0.05) is 18.2 Å². The zero-order valence-electron chi connectivity index (χ0n) is 11.3. The van der Waals surface area contributed by atoms with E-state index in [0.717, 1.165) is 17.1 Å². The minimum atomic E-state index is -3.83. The zero-order chi connectivity index (χ0) is 15.5. The molecule has 0 aliphatic rings. The number of nitrogens with one attached hydrogen (secondary N) is 1. The van der Waals surface area contributed by atoms with Gasteiger partial charge in [0.1, 0.15) is 9.77 Å². The van der Waals surface area contributed by atoms with Crippen molar-refractivity contribution in [1.29, 1.82) is 0 Å². The van der Waals surface area contributed by atoms with Crippen LogP contribution in [0.3, 0.4) is 0 Å². The predicted octanol–water partition coefficient (Wildman–Crippen LogP) is 2.63. The zero-order valence-corrected chi connectivity index (χ0v) is 13.8. The molecule has 1 heterocycles. The van der Waals surface area contributed by atoms with Gasteiger partial charge in [-0.25, -0.2) is 17.9 Å². The number of aromatic carboxylic acids is 1. The number of hydrogen-bond donors (Lipinski definition) is 2. The number of rotatable bonds is 7. The normalized spacial score (nSPS) is 11.9. The Morgan fingerprint density at radius 2 is 2.10 bits per heavy atom. The summed E-state index contributed by atoms with van der Waals surface area (Å²) in [7, 11) is -3.83. The second-order valence-corrected chi connectivity index (χ2v) is 8.05. The van der Waals surface area contributed by atoms with Gasteiger partial charge in [0.2, 0.25) is 10.0 Å². The van der Waals surface area contributed by atoms with E-state index in [1.807, 2.05) is 6.26 Å². The van der Waals surface area contributed by atoms with Gasteiger partial charge in [0.05, 0.1) is 0 Å². The number of thiophene rings is 1. The van der Waals surface area contributed by atoms with Crippen LogP contribution >= 0.6 is 23.1 Å². The lowest BCUT2D eigenvalue weighted by atomic mass is 10.2. The first-order valence-electron chi connectivity index (χ1n) is 6.21. The van der Waals surface area contributed by atoms with Gasteiger partial charge in [0.15, 0.2) is 0 Å². The topological polar surface area (TPSA) is 83.5 Å². The Kier molecular flexibility index (Phi) is 5.26. The van der Waals surface area contributed by atoms with E-state index in [4.69, 9.17) is 0 Å². The molecule has 0 radical (unpaired) electrons. The van der Waals surface area contributed by atoms with Crippen LogP contribution in [0.2, 0.25) is 0 Å². The number of carboxylic acids is 1. The Hall–Kier alpha value is -1.09. The predicted molar refractivity (Wildman–Crippen MR) is 87.0 cm³/mol. The molecule has 0 aliphatic heterocycles. The van der Waals surface area contributed by atoms with Crippen molar-refractivity contribution < 1.29 is 18.3 Å². The fraction of sp³-hybridized carbons (Fsp3) is 0.308. The lowest BCUT2D eigenvalue weighted by molar-refractivity contribution is 0.0698. The first-order valence-corrected chi connectivity index (χ1v) is 9.90. The third-order valence-electron chi connectivity index (χ3n) is 2.83. The largest absolute Gasteiger partial charge is 0.477 e. The van der Waals surface area contributed by atoms with Crippen LogP contribution in [0.5, 0.6) is 0 Å². The highest BCUT2D eigenvalue weighted by Gasteiger charge is 2.27. The van der Waals surface area contributed by atoms with Crippen LogP contribution in [0.25, 0.3) is 10.1 Å². The van der Waals surface area contributed by atoms with Crippen LogP contribution < -0.4 is 4.72 Å². The Morgan fingerprint density at radius 1 is 1.38 bits per heavy atom. The molecule has 2 N–H and O–H groups in total.